The van der Waals surface area contributed by atoms with E-state index in [1.807, 2.05) is 19.9 Å². The number of aromatic nitrogens is 1. The summed E-state index contributed by atoms with van der Waals surface area (Å²) in [5, 5.41) is 10.8. The lowest BCUT2D eigenvalue weighted by Crippen LogP contribution is -2.13. The maximum absolute atomic E-state index is 4.42. The van der Waals surface area contributed by atoms with Crippen LogP contribution in [0.1, 0.15) is 19.4 Å². The predicted molar refractivity (Wildman–Crippen MR) is 98.2 cm³/mol. The lowest BCUT2D eigenvalue weighted by Gasteiger charge is -2.09. The molecule has 0 atom stereocenters. The zero-order valence-electron chi connectivity index (χ0n) is 13.5. The van der Waals surface area contributed by atoms with E-state index in [2.05, 4.69) is 75.6 Å². The van der Waals surface area contributed by atoms with E-state index in [4.69, 9.17) is 0 Å². The largest absolute Gasteiger partial charge is 0.284 e. The third kappa shape index (κ3) is 3.48. The molecule has 2 aromatic carbocycles. The standard InChI is InChI=1S/C19H19N3S/c1-14(2)20-21-19-22(17-11-9-15(3)10-12-17)18(13-23-19)16-7-5-4-6-8-16/h4-13H,1-3H3/b21-19+. The molecule has 0 aliphatic heterocycles. The van der Waals surface area contributed by atoms with Crippen molar-refractivity contribution in [2.24, 2.45) is 10.2 Å². The van der Waals surface area contributed by atoms with E-state index in [1.165, 1.54) is 11.1 Å². The Kier molecular flexibility index (Phi) is 4.53. The molecule has 0 aliphatic rings. The summed E-state index contributed by atoms with van der Waals surface area (Å²) in [5.41, 5.74) is 5.57. The Labute approximate surface area is 140 Å². The first-order chi connectivity index (χ1) is 11.1. The average molecular weight is 321 g/mol. The Balaban J connectivity index is 2.24. The van der Waals surface area contributed by atoms with E-state index in [9.17, 15) is 0 Å². The summed E-state index contributed by atoms with van der Waals surface area (Å²) >= 11 is 1.60. The second-order valence-electron chi connectivity index (χ2n) is 5.59. The number of benzene rings is 2. The zero-order valence-corrected chi connectivity index (χ0v) is 14.3. The first-order valence-corrected chi connectivity index (χ1v) is 8.41. The first kappa shape index (κ1) is 15.4. The Morgan fingerprint density at radius 2 is 1.65 bits per heavy atom. The van der Waals surface area contributed by atoms with E-state index < -0.39 is 0 Å². The lowest BCUT2D eigenvalue weighted by atomic mass is 10.1. The summed E-state index contributed by atoms with van der Waals surface area (Å²) in [6.45, 7) is 5.99. The van der Waals surface area contributed by atoms with Crippen LogP contribution < -0.4 is 4.80 Å². The van der Waals surface area contributed by atoms with Gasteiger partial charge in [0.25, 0.3) is 0 Å². The van der Waals surface area contributed by atoms with Gasteiger partial charge in [0.05, 0.1) is 5.69 Å². The van der Waals surface area contributed by atoms with Gasteiger partial charge in [-0.2, -0.15) is 5.10 Å². The summed E-state index contributed by atoms with van der Waals surface area (Å²) in [6.07, 6.45) is 0. The molecule has 116 valence electrons. The first-order valence-electron chi connectivity index (χ1n) is 7.53. The maximum atomic E-state index is 4.42. The minimum atomic E-state index is 0.869. The molecular formula is C19H19N3S. The van der Waals surface area contributed by atoms with Gasteiger partial charge < -0.3 is 0 Å². The molecule has 23 heavy (non-hydrogen) atoms. The topological polar surface area (TPSA) is 29.6 Å². The summed E-state index contributed by atoms with van der Waals surface area (Å²) < 4.78 is 2.16. The number of thiazole rings is 1. The molecule has 1 heterocycles. The van der Waals surface area contributed by atoms with Gasteiger partial charge in [0.1, 0.15) is 0 Å². The van der Waals surface area contributed by atoms with Crippen molar-refractivity contribution in [3.05, 3.63) is 70.3 Å². The Hall–Kier alpha value is -2.46. The molecule has 3 aromatic rings. The second kappa shape index (κ2) is 6.75. The van der Waals surface area contributed by atoms with Gasteiger partial charge in [-0.25, -0.2) is 0 Å². The van der Waals surface area contributed by atoms with Crippen LogP contribution in [0.2, 0.25) is 0 Å². The number of aryl methyl sites for hydroxylation is 1. The Bertz CT molecular complexity index is 880. The van der Waals surface area contributed by atoms with Gasteiger partial charge in [-0.1, -0.05) is 48.0 Å². The smallest absolute Gasteiger partial charge is 0.215 e. The van der Waals surface area contributed by atoms with Crippen molar-refractivity contribution in [1.29, 1.82) is 0 Å². The third-order valence-corrected chi connectivity index (χ3v) is 4.22. The quantitative estimate of drug-likeness (QED) is 0.489. The molecule has 0 spiro atoms. The van der Waals surface area contributed by atoms with Crippen molar-refractivity contribution < 1.29 is 0 Å². The molecule has 0 saturated carbocycles. The van der Waals surface area contributed by atoms with Crippen molar-refractivity contribution in [2.75, 3.05) is 0 Å². The fourth-order valence-corrected chi connectivity index (χ4v) is 3.13. The molecule has 3 nitrogen and oxygen atoms in total. The van der Waals surface area contributed by atoms with Crippen LogP contribution in [0.25, 0.3) is 16.9 Å². The van der Waals surface area contributed by atoms with Crippen LogP contribution in [0.5, 0.6) is 0 Å². The highest BCUT2D eigenvalue weighted by molar-refractivity contribution is 7.07. The number of hydrogen-bond donors (Lipinski definition) is 0. The summed E-state index contributed by atoms with van der Waals surface area (Å²) in [5.74, 6) is 0. The summed E-state index contributed by atoms with van der Waals surface area (Å²) in [6, 6.07) is 18.8. The van der Waals surface area contributed by atoms with Gasteiger partial charge in [-0.05, 0) is 38.5 Å². The van der Waals surface area contributed by atoms with Gasteiger partial charge in [-0.3, -0.25) is 4.57 Å². The van der Waals surface area contributed by atoms with Crippen molar-refractivity contribution >= 4 is 17.0 Å². The molecule has 0 radical (unpaired) electrons. The van der Waals surface area contributed by atoms with E-state index >= 15 is 0 Å². The molecule has 1 aromatic heterocycles. The summed E-state index contributed by atoms with van der Waals surface area (Å²) in [7, 11) is 0. The highest BCUT2D eigenvalue weighted by Crippen LogP contribution is 2.23. The van der Waals surface area contributed by atoms with Crippen LogP contribution in [0.15, 0.2) is 70.2 Å². The fourth-order valence-electron chi connectivity index (χ4n) is 2.28. The van der Waals surface area contributed by atoms with E-state index in [0.717, 1.165) is 21.9 Å². The SMILES string of the molecule is CC(C)=N/N=c1/scc(-c2ccccc2)n1-c1ccc(C)cc1. The van der Waals surface area contributed by atoms with E-state index in [0.29, 0.717) is 0 Å². The lowest BCUT2D eigenvalue weighted by molar-refractivity contribution is 0.968. The van der Waals surface area contributed by atoms with Crippen molar-refractivity contribution in [3.8, 4) is 16.9 Å². The fraction of sp³-hybridized carbons (Fsp3) is 0.158. The van der Waals surface area contributed by atoms with Crippen molar-refractivity contribution in [3.63, 3.8) is 0 Å². The predicted octanol–water partition coefficient (Wildman–Crippen LogP) is 4.81. The van der Waals surface area contributed by atoms with E-state index in [1.54, 1.807) is 11.3 Å². The maximum Gasteiger partial charge on any atom is 0.215 e. The average Bonchev–Trinajstić information content (AvgIpc) is 2.98. The number of nitrogens with zero attached hydrogens (tertiary/aromatic N) is 3. The minimum Gasteiger partial charge on any atom is -0.284 e. The van der Waals surface area contributed by atoms with Gasteiger partial charge in [0.2, 0.25) is 4.80 Å². The highest BCUT2D eigenvalue weighted by Gasteiger charge is 2.09. The number of rotatable bonds is 3. The Morgan fingerprint density at radius 3 is 2.30 bits per heavy atom. The molecule has 4 heteroatoms. The zero-order chi connectivity index (χ0) is 16.2. The second-order valence-corrected chi connectivity index (χ2v) is 6.42. The van der Waals surface area contributed by atoms with E-state index in [-0.39, 0.29) is 0 Å². The molecule has 0 saturated heterocycles. The van der Waals surface area contributed by atoms with Gasteiger partial charge in [0, 0.05) is 16.8 Å². The molecule has 0 bridgehead atoms. The number of hydrogen-bond acceptors (Lipinski definition) is 3. The van der Waals surface area contributed by atoms with Crippen LogP contribution in [-0.2, 0) is 0 Å². The molecule has 0 amide bonds. The molecule has 0 unspecified atom stereocenters. The van der Waals surface area contributed by atoms with Crippen LogP contribution in [0, 0.1) is 6.92 Å². The molecule has 0 aliphatic carbocycles. The third-order valence-electron chi connectivity index (χ3n) is 3.41. The van der Waals surface area contributed by atoms with Gasteiger partial charge in [0.15, 0.2) is 0 Å². The van der Waals surface area contributed by atoms with Crippen molar-refractivity contribution in [2.45, 2.75) is 20.8 Å². The van der Waals surface area contributed by atoms with Crippen molar-refractivity contribution in [1.82, 2.24) is 4.57 Å². The van der Waals surface area contributed by atoms with Crippen LogP contribution in [0.3, 0.4) is 0 Å². The monoisotopic (exact) mass is 321 g/mol. The van der Waals surface area contributed by atoms with Gasteiger partial charge >= 0.3 is 0 Å². The van der Waals surface area contributed by atoms with Crippen LogP contribution in [-0.4, -0.2) is 10.3 Å². The minimum absolute atomic E-state index is 0.869. The molecule has 0 N–H and O–H groups in total. The highest BCUT2D eigenvalue weighted by atomic mass is 32.1. The molecule has 3 rings (SSSR count). The van der Waals surface area contributed by atoms with Crippen LogP contribution >= 0.6 is 11.3 Å². The normalized spacial score (nSPS) is 11.5. The van der Waals surface area contributed by atoms with Crippen LogP contribution in [0.4, 0.5) is 0 Å². The molecule has 0 fully saturated rings. The Morgan fingerprint density at radius 1 is 0.957 bits per heavy atom. The molecular weight excluding hydrogens is 302 g/mol. The summed E-state index contributed by atoms with van der Waals surface area (Å²) in [4.78, 5) is 0.869. The van der Waals surface area contributed by atoms with Gasteiger partial charge in [-0.15, -0.1) is 16.4 Å².